The van der Waals surface area contributed by atoms with Crippen molar-refractivity contribution in [3.63, 3.8) is 0 Å². The van der Waals surface area contributed by atoms with Crippen molar-refractivity contribution < 1.29 is 13.2 Å². The Morgan fingerprint density at radius 2 is 1.81 bits per heavy atom. The number of carbonyl (C=O) groups is 1. The standard InChI is InChI=1S/C19H25N3O3S/c1-14-8-9-15(2)18(12-14)26(24,25)22-17-7-4-6-16(13-17)19(23)21-11-5-10-20-3/h4,6-9,12-13,20,22H,5,10-11H2,1-3H3,(H,21,23). The quantitative estimate of drug-likeness (QED) is 0.619. The van der Waals surface area contributed by atoms with Crippen LogP contribution in [0.4, 0.5) is 5.69 Å². The van der Waals surface area contributed by atoms with E-state index >= 15 is 0 Å². The van der Waals surface area contributed by atoms with Crippen molar-refractivity contribution in [2.24, 2.45) is 0 Å². The van der Waals surface area contributed by atoms with Gasteiger partial charge < -0.3 is 10.6 Å². The lowest BCUT2D eigenvalue weighted by Crippen LogP contribution is -2.26. The molecule has 0 radical (unpaired) electrons. The molecular formula is C19H25N3O3S. The van der Waals surface area contributed by atoms with Crippen molar-refractivity contribution in [1.82, 2.24) is 10.6 Å². The van der Waals surface area contributed by atoms with Crippen LogP contribution < -0.4 is 15.4 Å². The normalized spacial score (nSPS) is 11.2. The van der Waals surface area contributed by atoms with Crippen LogP contribution in [0.15, 0.2) is 47.4 Å². The average Bonchev–Trinajstić information content (AvgIpc) is 2.60. The molecule has 0 unspecified atom stereocenters. The molecule has 140 valence electrons. The smallest absolute Gasteiger partial charge is 0.262 e. The van der Waals surface area contributed by atoms with E-state index in [2.05, 4.69) is 15.4 Å². The molecule has 6 nitrogen and oxygen atoms in total. The Morgan fingerprint density at radius 1 is 1.04 bits per heavy atom. The van der Waals surface area contributed by atoms with Crippen LogP contribution in [0, 0.1) is 13.8 Å². The minimum atomic E-state index is -3.72. The zero-order valence-electron chi connectivity index (χ0n) is 15.3. The molecule has 2 aromatic carbocycles. The number of benzene rings is 2. The molecule has 0 bridgehead atoms. The van der Waals surface area contributed by atoms with Gasteiger partial charge in [0, 0.05) is 17.8 Å². The number of amides is 1. The zero-order valence-corrected chi connectivity index (χ0v) is 16.1. The van der Waals surface area contributed by atoms with E-state index < -0.39 is 10.0 Å². The van der Waals surface area contributed by atoms with Crippen LogP contribution in [0.2, 0.25) is 0 Å². The first-order chi connectivity index (χ1) is 12.3. The Labute approximate surface area is 155 Å². The first-order valence-corrected chi connectivity index (χ1v) is 9.95. The van der Waals surface area contributed by atoms with Gasteiger partial charge in [-0.2, -0.15) is 0 Å². The fraction of sp³-hybridized carbons (Fsp3) is 0.316. The molecule has 0 atom stereocenters. The van der Waals surface area contributed by atoms with Crippen molar-refractivity contribution in [2.45, 2.75) is 25.2 Å². The van der Waals surface area contributed by atoms with E-state index in [4.69, 9.17) is 0 Å². The molecular weight excluding hydrogens is 350 g/mol. The predicted molar refractivity (Wildman–Crippen MR) is 104 cm³/mol. The maximum absolute atomic E-state index is 12.7. The van der Waals surface area contributed by atoms with Crippen molar-refractivity contribution in [3.05, 3.63) is 59.2 Å². The van der Waals surface area contributed by atoms with Gasteiger partial charge in [-0.25, -0.2) is 8.42 Å². The minimum absolute atomic E-state index is 0.228. The van der Waals surface area contributed by atoms with Gasteiger partial charge in [0.15, 0.2) is 0 Å². The van der Waals surface area contributed by atoms with Crippen LogP contribution >= 0.6 is 0 Å². The monoisotopic (exact) mass is 375 g/mol. The molecule has 0 aliphatic rings. The summed E-state index contributed by atoms with van der Waals surface area (Å²) >= 11 is 0. The van der Waals surface area contributed by atoms with E-state index in [0.29, 0.717) is 23.4 Å². The third-order valence-corrected chi connectivity index (χ3v) is 5.42. The van der Waals surface area contributed by atoms with Gasteiger partial charge in [0.25, 0.3) is 15.9 Å². The van der Waals surface area contributed by atoms with Gasteiger partial charge in [-0.15, -0.1) is 0 Å². The van der Waals surface area contributed by atoms with Gasteiger partial charge in [0.2, 0.25) is 0 Å². The lowest BCUT2D eigenvalue weighted by atomic mass is 10.2. The van der Waals surface area contributed by atoms with Crippen molar-refractivity contribution in [1.29, 1.82) is 0 Å². The van der Waals surface area contributed by atoms with Crippen molar-refractivity contribution >= 4 is 21.6 Å². The second-order valence-corrected chi connectivity index (χ2v) is 7.82. The summed E-state index contributed by atoms with van der Waals surface area (Å²) in [6.07, 6.45) is 0.821. The maximum Gasteiger partial charge on any atom is 0.262 e. The average molecular weight is 375 g/mol. The lowest BCUT2D eigenvalue weighted by molar-refractivity contribution is 0.0953. The number of nitrogens with one attached hydrogen (secondary N) is 3. The fourth-order valence-electron chi connectivity index (χ4n) is 2.50. The Kier molecular flexibility index (Phi) is 6.76. The van der Waals surface area contributed by atoms with E-state index in [0.717, 1.165) is 18.5 Å². The summed E-state index contributed by atoms with van der Waals surface area (Å²) < 4.78 is 27.9. The number of carbonyl (C=O) groups excluding carboxylic acids is 1. The van der Waals surface area contributed by atoms with E-state index in [9.17, 15) is 13.2 Å². The molecule has 0 aromatic heterocycles. The number of sulfonamides is 1. The minimum Gasteiger partial charge on any atom is -0.352 e. The second kappa shape index (κ2) is 8.82. The molecule has 0 saturated carbocycles. The Hall–Kier alpha value is -2.38. The van der Waals surface area contributed by atoms with E-state index in [1.165, 1.54) is 6.07 Å². The molecule has 2 aromatic rings. The SMILES string of the molecule is CNCCCNC(=O)c1cccc(NS(=O)(=O)c2cc(C)ccc2C)c1. The highest BCUT2D eigenvalue weighted by Crippen LogP contribution is 2.21. The number of anilines is 1. The van der Waals surface area contributed by atoms with Gasteiger partial charge in [-0.05, 0) is 69.3 Å². The summed E-state index contributed by atoms with van der Waals surface area (Å²) in [6.45, 7) is 4.97. The molecule has 1 amide bonds. The maximum atomic E-state index is 12.7. The van der Waals surface area contributed by atoms with Gasteiger partial charge >= 0.3 is 0 Å². The summed E-state index contributed by atoms with van der Waals surface area (Å²) in [5.74, 6) is -0.228. The van der Waals surface area contributed by atoms with Crippen LogP contribution in [-0.4, -0.2) is 34.5 Å². The third-order valence-electron chi connectivity index (χ3n) is 3.90. The summed E-state index contributed by atoms with van der Waals surface area (Å²) in [4.78, 5) is 12.4. The molecule has 0 aliphatic carbocycles. The van der Waals surface area contributed by atoms with Gasteiger partial charge in [0.05, 0.1) is 4.90 Å². The van der Waals surface area contributed by atoms with Crippen molar-refractivity contribution in [3.8, 4) is 0 Å². The van der Waals surface area contributed by atoms with Crippen molar-refractivity contribution in [2.75, 3.05) is 24.9 Å². The van der Waals surface area contributed by atoms with Crippen LogP contribution in [-0.2, 0) is 10.0 Å². The predicted octanol–water partition coefficient (Wildman–Crippen LogP) is 2.44. The van der Waals surface area contributed by atoms with E-state index in [-0.39, 0.29) is 10.8 Å². The molecule has 0 heterocycles. The molecule has 0 fully saturated rings. The van der Waals surface area contributed by atoms with E-state index in [1.807, 2.05) is 20.0 Å². The summed E-state index contributed by atoms with van der Waals surface area (Å²) in [5, 5.41) is 5.83. The van der Waals surface area contributed by atoms with Gasteiger partial charge in [-0.1, -0.05) is 18.2 Å². The highest BCUT2D eigenvalue weighted by molar-refractivity contribution is 7.92. The molecule has 0 aliphatic heterocycles. The number of rotatable bonds is 8. The first-order valence-electron chi connectivity index (χ1n) is 8.46. The van der Waals surface area contributed by atoms with Gasteiger partial charge in [-0.3, -0.25) is 9.52 Å². The molecule has 7 heteroatoms. The highest BCUT2D eigenvalue weighted by Gasteiger charge is 2.17. The largest absolute Gasteiger partial charge is 0.352 e. The second-order valence-electron chi connectivity index (χ2n) is 6.17. The Balaban J connectivity index is 2.15. The molecule has 3 N–H and O–H groups in total. The zero-order chi connectivity index (χ0) is 19.2. The Bertz CT molecular complexity index is 879. The van der Waals surface area contributed by atoms with Crippen LogP contribution in [0.3, 0.4) is 0 Å². The number of hydrogen-bond acceptors (Lipinski definition) is 4. The van der Waals surface area contributed by atoms with Crippen LogP contribution in [0.5, 0.6) is 0 Å². The number of aryl methyl sites for hydroxylation is 2. The first kappa shape index (κ1) is 19.9. The third kappa shape index (κ3) is 5.31. The number of hydrogen-bond donors (Lipinski definition) is 3. The fourth-order valence-corrected chi connectivity index (χ4v) is 3.88. The summed E-state index contributed by atoms with van der Waals surface area (Å²) in [7, 11) is -1.87. The molecule has 26 heavy (non-hydrogen) atoms. The molecule has 0 saturated heterocycles. The topological polar surface area (TPSA) is 87.3 Å². The van der Waals surface area contributed by atoms with Crippen LogP contribution in [0.1, 0.15) is 27.9 Å². The summed E-state index contributed by atoms with van der Waals surface area (Å²) in [5.41, 5.74) is 2.30. The lowest BCUT2D eigenvalue weighted by Gasteiger charge is -2.12. The van der Waals surface area contributed by atoms with Gasteiger partial charge in [0.1, 0.15) is 0 Å². The molecule has 0 spiro atoms. The van der Waals surface area contributed by atoms with Crippen LogP contribution in [0.25, 0.3) is 0 Å². The molecule has 2 rings (SSSR count). The summed E-state index contributed by atoms with van der Waals surface area (Å²) in [6, 6.07) is 11.8. The highest BCUT2D eigenvalue weighted by atomic mass is 32.2. The van der Waals surface area contributed by atoms with E-state index in [1.54, 1.807) is 37.3 Å². The Morgan fingerprint density at radius 3 is 2.54 bits per heavy atom.